The Morgan fingerprint density at radius 2 is 2.31 bits per heavy atom. The lowest BCUT2D eigenvalue weighted by Crippen LogP contribution is -2.01. The first-order valence-corrected chi connectivity index (χ1v) is 3.93. The number of nitrogens with zero attached hydrogens (tertiary/aromatic N) is 1. The van der Waals surface area contributed by atoms with E-state index in [9.17, 15) is 9.50 Å². The molecule has 0 saturated heterocycles. The molecule has 1 N–H and O–H groups in total. The van der Waals surface area contributed by atoms with Crippen LogP contribution >= 0.6 is 0 Å². The fraction of sp³-hybridized carbons (Fsp3) is 0.222. The Bertz CT molecular complexity index is 363. The molecule has 1 aliphatic rings. The lowest BCUT2D eigenvalue weighted by Gasteiger charge is -2.03. The number of halogens is 1. The van der Waals surface area contributed by atoms with Crippen LogP contribution < -0.4 is 0 Å². The van der Waals surface area contributed by atoms with Crippen molar-refractivity contribution in [2.24, 2.45) is 4.99 Å². The maximum Gasteiger partial charge on any atom is 0.220 e. The minimum absolute atomic E-state index is 0.138. The normalized spacial score (nSPS) is 15.3. The van der Waals surface area contributed by atoms with Crippen LogP contribution in [0.3, 0.4) is 0 Å². The van der Waals surface area contributed by atoms with Crippen LogP contribution in [0.2, 0.25) is 0 Å². The van der Waals surface area contributed by atoms with Crippen molar-refractivity contribution in [1.29, 1.82) is 0 Å². The van der Waals surface area contributed by atoms with Crippen LogP contribution in [-0.4, -0.2) is 24.2 Å². The van der Waals surface area contributed by atoms with Gasteiger partial charge in [0, 0.05) is 6.07 Å². The molecular formula is C9H8FNO2. The number of hydrogen-bond donors (Lipinski definition) is 1. The van der Waals surface area contributed by atoms with Crippen molar-refractivity contribution < 1.29 is 14.2 Å². The fourth-order valence-corrected chi connectivity index (χ4v) is 1.18. The Labute approximate surface area is 74.5 Å². The van der Waals surface area contributed by atoms with Gasteiger partial charge in [-0.15, -0.1) is 0 Å². The largest absolute Gasteiger partial charge is 0.507 e. The first-order valence-electron chi connectivity index (χ1n) is 3.93. The van der Waals surface area contributed by atoms with Gasteiger partial charge in [-0.3, -0.25) is 0 Å². The van der Waals surface area contributed by atoms with Gasteiger partial charge in [-0.25, -0.2) is 9.38 Å². The van der Waals surface area contributed by atoms with Crippen molar-refractivity contribution in [2.75, 3.05) is 13.2 Å². The highest BCUT2D eigenvalue weighted by Crippen LogP contribution is 2.20. The van der Waals surface area contributed by atoms with Crippen molar-refractivity contribution in [3.8, 4) is 5.75 Å². The third kappa shape index (κ3) is 1.47. The zero-order valence-electron chi connectivity index (χ0n) is 6.83. The summed E-state index contributed by atoms with van der Waals surface area (Å²) >= 11 is 0. The number of rotatable bonds is 1. The zero-order chi connectivity index (χ0) is 9.26. The average molecular weight is 181 g/mol. The Morgan fingerprint density at radius 3 is 2.92 bits per heavy atom. The first kappa shape index (κ1) is 8.04. The highest BCUT2D eigenvalue weighted by atomic mass is 19.1. The van der Waals surface area contributed by atoms with Crippen LogP contribution in [0.1, 0.15) is 5.56 Å². The minimum Gasteiger partial charge on any atom is -0.507 e. The third-order valence-corrected chi connectivity index (χ3v) is 1.78. The summed E-state index contributed by atoms with van der Waals surface area (Å²) < 4.78 is 17.7. The third-order valence-electron chi connectivity index (χ3n) is 1.78. The number of benzene rings is 1. The zero-order valence-corrected chi connectivity index (χ0v) is 6.83. The van der Waals surface area contributed by atoms with Crippen molar-refractivity contribution in [3.05, 3.63) is 29.6 Å². The van der Waals surface area contributed by atoms with Gasteiger partial charge >= 0.3 is 0 Å². The number of aromatic hydroxyl groups is 1. The molecular weight excluding hydrogens is 173 g/mol. The Balaban J connectivity index is 2.40. The molecule has 0 saturated carbocycles. The number of ether oxygens (including phenoxy) is 1. The molecule has 1 aliphatic heterocycles. The minimum atomic E-state index is -0.472. The van der Waals surface area contributed by atoms with E-state index in [0.717, 1.165) is 6.07 Å². The van der Waals surface area contributed by atoms with Crippen LogP contribution in [0.4, 0.5) is 4.39 Å². The standard InChI is InChI=1S/C9H8FNO2/c10-6-1-2-7(8(12)5-6)9-11-3-4-13-9/h1-2,5,12H,3-4H2. The van der Waals surface area contributed by atoms with Crippen molar-refractivity contribution in [3.63, 3.8) is 0 Å². The van der Waals surface area contributed by atoms with E-state index in [1.165, 1.54) is 12.1 Å². The molecule has 1 heterocycles. The molecule has 68 valence electrons. The number of hydrogen-bond acceptors (Lipinski definition) is 3. The molecule has 0 unspecified atom stereocenters. The van der Waals surface area contributed by atoms with Crippen LogP contribution in [-0.2, 0) is 4.74 Å². The molecule has 2 rings (SSSR count). The molecule has 0 radical (unpaired) electrons. The highest BCUT2D eigenvalue weighted by Gasteiger charge is 2.14. The summed E-state index contributed by atoms with van der Waals surface area (Å²) in [5.74, 6) is -0.224. The maximum absolute atomic E-state index is 12.6. The van der Waals surface area contributed by atoms with Gasteiger partial charge in [-0.1, -0.05) is 0 Å². The lowest BCUT2D eigenvalue weighted by atomic mass is 10.2. The van der Waals surface area contributed by atoms with Crippen molar-refractivity contribution in [2.45, 2.75) is 0 Å². The van der Waals surface area contributed by atoms with Gasteiger partial charge in [0.05, 0.1) is 12.1 Å². The van der Waals surface area contributed by atoms with Crippen molar-refractivity contribution >= 4 is 5.90 Å². The molecule has 4 heteroatoms. The van der Waals surface area contributed by atoms with Crippen molar-refractivity contribution in [1.82, 2.24) is 0 Å². The second-order valence-corrected chi connectivity index (χ2v) is 2.70. The molecule has 0 spiro atoms. The Morgan fingerprint density at radius 1 is 1.46 bits per heavy atom. The summed E-state index contributed by atoms with van der Waals surface area (Å²) in [6, 6.07) is 3.76. The predicted molar refractivity (Wildman–Crippen MR) is 45.4 cm³/mol. The van der Waals surface area contributed by atoms with Gasteiger partial charge < -0.3 is 9.84 Å². The Kier molecular flexibility index (Phi) is 1.88. The highest BCUT2D eigenvalue weighted by molar-refractivity contribution is 5.97. The molecule has 0 bridgehead atoms. The first-order chi connectivity index (χ1) is 6.27. The number of phenolic OH excluding ortho intramolecular Hbond substituents is 1. The van der Waals surface area contributed by atoms with E-state index in [1.54, 1.807) is 0 Å². The summed E-state index contributed by atoms with van der Waals surface area (Å²) in [4.78, 5) is 4.01. The van der Waals surface area contributed by atoms with E-state index in [-0.39, 0.29) is 5.75 Å². The quantitative estimate of drug-likeness (QED) is 0.709. The van der Waals surface area contributed by atoms with E-state index in [4.69, 9.17) is 4.74 Å². The van der Waals surface area contributed by atoms with Gasteiger partial charge in [-0.2, -0.15) is 0 Å². The second-order valence-electron chi connectivity index (χ2n) is 2.70. The molecule has 1 aromatic rings. The molecule has 0 aliphatic carbocycles. The van der Waals surface area contributed by atoms with Gasteiger partial charge in [0.15, 0.2) is 0 Å². The number of phenols is 1. The molecule has 1 aromatic carbocycles. The molecule has 0 amide bonds. The Hall–Kier alpha value is -1.58. The average Bonchev–Trinajstić information content (AvgIpc) is 2.56. The topological polar surface area (TPSA) is 41.8 Å². The smallest absolute Gasteiger partial charge is 0.220 e. The maximum atomic E-state index is 12.6. The molecule has 13 heavy (non-hydrogen) atoms. The number of aliphatic imine (C=N–C) groups is 1. The van der Waals surface area contributed by atoms with E-state index in [2.05, 4.69) is 4.99 Å². The predicted octanol–water partition coefficient (Wildman–Crippen LogP) is 1.31. The SMILES string of the molecule is Oc1cc(F)ccc1C1=NCCO1. The monoisotopic (exact) mass is 181 g/mol. The van der Waals surface area contributed by atoms with Crippen LogP contribution in [0, 0.1) is 5.82 Å². The lowest BCUT2D eigenvalue weighted by molar-refractivity contribution is 0.346. The van der Waals surface area contributed by atoms with E-state index in [1.807, 2.05) is 0 Å². The molecule has 0 aromatic heterocycles. The molecule has 3 nitrogen and oxygen atoms in total. The van der Waals surface area contributed by atoms with Crippen LogP contribution in [0.15, 0.2) is 23.2 Å². The fourth-order valence-electron chi connectivity index (χ4n) is 1.18. The van der Waals surface area contributed by atoms with E-state index >= 15 is 0 Å². The van der Waals surface area contributed by atoms with E-state index < -0.39 is 5.82 Å². The molecule has 0 atom stereocenters. The van der Waals surface area contributed by atoms with Gasteiger partial charge in [0.25, 0.3) is 0 Å². The summed E-state index contributed by atoms with van der Waals surface area (Å²) in [5, 5.41) is 9.35. The van der Waals surface area contributed by atoms with Crippen LogP contribution in [0.5, 0.6) is 5.75 Å². The summed E-state index contributed by atoms with van der Waals surface area (Å²) in [5.41, 5.74) is 0.443. The van der Waals surface area contributed by atoms with Gasteiger partial charge in [0.2, 0.25) is 5.90 Å². The second kappa shape index (κ2) is 3.05. The summed E-state index contributed by atoms with van der Waals surface area (Å²) in [6.45, 7) is 1.11. The summed E-state index contributed by atoms with van der Waals surface area (Å²) in [7, 11) is 0. The van der Waals surface area contributed by atoms with Gasteiger partial charge in [0.1, 0.15) is 18.2 Å². The van der Waals surface area contributed by atoms with Gasteiger partial charge in [-0.05, 0) is 12.1 Å². The van der Waals surface area contributed by atoms with Crippen LogP contribution in [0.25, 0.3) is 0 Å². The summed E-state index contributed by atoms with van der Waals surface area (Å²) in [6.07, 6.45) is 0. The van der Waals surface area contributed by atoms with E-state index in [0.29, 0.717) is 24.6 Å². The molecule has 0 fully saturated rings.